The Morgan fingerprint density at radius 1 is 1.10 bits per heavy atom. The minimum absolute atomic E-state index is 0.00762. The number of nitrogens with zero attached hydrogens (tertiary/aromatic N) is 2. The van der Waals surface area contributed by atoms with Gasteiger partial charge < -0.3 is 4.74 Å². The number of ether oxygens (including phenoxy) is 1. The number of rotatable bonds is 5. The van der Waals surface area contributed by atoms with Crippen LogP contribution in [0.3, 0.4) is 0 Å². The van der Waals surface area contributed by atoms with E-state index in [-0.39, 0.29) is 23.1 Å². The van der Waals surface area contributed by atoms with Crippen LogP contribution in [0.1, 0.15) is 23.7 Å². The lowest BCUT2D eigenvalue weighted by molar-refractivity contribution is 0.483. The molecule has 1 aliphatic heterocycles. The average molecular weight is 411 g/mol. The fourth-order valence-corrected chi connectivity index (χ4v) is 5.03. The van der Waals surface area contributed by atoms with Gasteiger partial charge in [-0.25, -0.2) is 13.1 Å². The Morgan fingerprint density at radius 2 is 1.79 bits per heavy atom. The second-order valence-electron chi connectivity index (χ2n) is 7.05. The number of aryl methyl sites for hydroxylation is 1. The molecule has 1 aromatic heterocycles. The molecule has 150 valence electrons. The molecule has 1 atom stereocenters. The first-order chi connectivity index (χ1) is 13.9. The topological polar surface area (TPSA) is 93.5 Å². The Bertz CT molecular complexity index is 1190. The molecule has 0 aliphatic carbocycles. The van der Waals surface area contributed by atoms with Crippen LogP contribution in [0.5, 0.6) is 11.5 Å². The van der Waals surface area contributed by atoms with E-state index in [0.29, 0.717) is 29.1 Å². The van der Waals surface area contributed by atoms with Gasteiger partial charge in [0.1, 0.15) is 11.5 Å². The van der Waals surface area contributed by atoms with E-state index in [1.54, 1.807) is 19.1 Å². The maximum Gasteiger partial charge on any atom is 0.275 e. The number of aliphatic imine (C=N–C) groups is 1. The Morgan fingerprint density at radius 3 is 2.45 bits per heavy atom. The molecule has 0 bridgehead atoms. The third-order valence-corrected chi connectivity index (χ3v) is 6.62. The van der Waals surface area contributed by atoms with Gasteiger partial charge in [-0.05, 0) is 49.7 Å². The standard InChI is InChI=1S/C21H21N3O4S/c1-15-20(21(25)24(23-15)17-11-12-29(26,27)14-17)13-22-16-7-9-19(10-8-16)28-18-5-3-2-4-6-18/h2-10,13,17,23H,11-12,14H2,1H3/t17-/m0/s1. The van der Waals surface area contributed by atoms with Crippen LogP contribution in [0.2, 0.25) is 0 Å². The summed E-state index contributed by atoms with van der Waals surface area (Å²) in [5.74, 6) is 1.55. The van der Waals surface area contributed by atoms with Crippen molar-refractivity contribution in [1.82, 2.24) is 9.78 Å². The van der Waals surface area contributed by atoms with Crippen LogP contribution in [0.4, 0.5) is 5.69 Å². The first-order valence-corrected chi connectivity index (χ1v) is 11.1. The van der Waals surface area contributed by atoms with E-state index in [1.165, 1.54) is 10.9 Å². The van der Waals surface area contributed by atoms with E-state index < -0.39 is 9.84 Å². The summed E-state index contributed by atoms with van der Waals surface area (Å²) < 4.78 is 30.6. The van der Waals surface area contributed by atoms with Crippen LogP contribution >= 0.6 is 0 Å². The molecule has 0 saturated carbocycles. The normalized spacial score (nSPS) is 18.3. The first kappa shape index (κ1) is 19.2. The lowest BCUT2D eigenvalue weighted by atomic mass is 10.2. The van der Waals surface area contributed by atoms with Gasteiger partial charge in [0.25, 0.3) is 5.56 Å². The summed E-state index contributed by atoms with van der Waals surface area (Å²) in [6.45, 7) is 1.78. The zero-order valence-electron chi connectivity index (χ0n) is 15.9. The number of hydrogen-bond acceptors (Lipinski definition) is 5. The zero-order chi connectivity index (χ0) is 20.4. The van der Waals surface area contributed by atoms with Gasteiger partial charge in [-0.1, -0.05) is 18.2 Å². The molecule has 0 amide bonds. The smallest absolute Gasteiger partial charge is 0.275 e. The molecular weight excluding hydrogens is 390 g/mol. The van der Waals surface area contributed by atoms with E-state index in [0.717, 1.165) is 5.75 Å². The van der Waals surface area contributed by atoms with Gasteiger partial charge in [0.05, 0.1) is 28.8 Å². The summed E-state index contributed by atoms with van der Waals surface area (Å²) in [6.07, 6.45) is 1.96. The van der Waals surface area contributed by atoms with Crippen LogP contribution in [0.15, 0.2) is 64.4 Å². The fourth-order valence-electron chi connectivity index (χ4n) is 3.33. The van der Waals surface area contributed by atoms with Crippen molar-refractivity contribution in [3.05, 3.63) is 76.2 Å². The molecule has 7 nitrogen and oxygen atoms in total. The lowest BCUT2D eigenvalue weighted by Gasteiger charge is -2.07. The number of aromatic amines is 1. The van der Waals surface area contributed by atoms with Gasteiger partial charge in [0, 0.05) is 11.9 Å². The van der Waals surface area contributed by atoms with E-state index in [4.69, 9.17) is 4.74 Å². The summed E-state index contributed by atoms with van der Waals surface area (Å²) in [6, 6.07) is 16.4. The summed E-state index contributed by atoms with van der Waals surface area (Å²) in [5, 5.41) is 2.99. The average Bonchev–Trinajstić information content (AvgIpc) is 3.20. The zero-order valence-corrected chi connectivity index (χ0v) is 16.7. The maximum atomic E-state index is 12.7. The fraction of sp³-hybridized carbons (Fsp3) is 0.238. The number of para-hydroxylation sites is 1. The SMILES string of the molecule is Cc1[nH]n([C@H]2CCS(=O)(=O)C2)c(=O)c1C=Nc1ccc(Oc2ccccc2)cc1. The highest BCUT2D eigenvalue weighted by molar-refractivity contribution is 7.91. The number of H-pyrrole nitrogens is 1. The van der Waals surface area contributed by atoms with E-state index in [9.17, 15) is 13.2 Å². The largest absolute Gasteiger partial charge is 0.457 e. The molecule has 1 saturated heterocycles. The Labute approximate surface area is 168 Å². The molecule has 1 N–H and O–H groups in total. The van der Waals surface area contributed by atoms with Gasteiger partial charge >= 0.3 is 0 Å². The van der Waals surface area contributed by atoms with Gasteiger partial charge in [-0.2, -0.15) is 0 Å². The molecule has 1 aliphatic rings. The van der Waals surface area contributed by atoms with Gasteiger partial charge in [-0.15, -0.1) is 0 Å². The Balaban J connectivity index is 1.50. The summed E-state index contributed by atoms with van der Waals surface area (Å²) in [5.41, 5.74) is 1.52. The van der Waals surface area contributed by atoms with Crippen molar-refractivity contribution in [1.29, 1.82) is 0 Å². The number of aromatic nitrogens is 2. The van der Waals surface area contributed by atoms with Crippen molar-refractivity contribution < 1.29 is 13.2 Å². The molecule has 1 fully saturated rings. The second-order valence-corrected chi connectivity index (χ2v) is 9.28. The number of hydrogen-bond donors (Lipinski definition) is 1. The van der Waals surface area contributed by atoms with E-state index >= 15 is 0 Å². The van der Waals surface area contributed by atoms with Crippen LogP contribution in [-0.2, 0) is 9.84 Å². The predicted molar refractivity (Wildman–Crippen MR) is 112 cm³/mol. The Hall–Kier alpha value is -3.13. The van der Waals surface area contributed by atoms with Crippen molar-refractivity contribution in [2.24, 2.45) is 4.99 Å². The molecule has 2 aromatic carbocycles. The molecular formula is C21H21N3O4S. The molecule has 0 unspecified atom stereocenters. The molecule has 4 rings (SSSR count). The number of sulfone groups is 1. The van der Waals surface area contributed by atoms with Crippen molar-refractivity contribution in [2.75, 3.05) is 11.5 Å². The predicted octanol–water partition coefficient (Wildman–Crippen LogP) is 3.39. The Kier molecular flexibility index (Phi) is 5.10. The van der Waals surface area contributed by atoms with Crippen molar-refractivity contribution in [3.63, 3.8) is 0 Å². The number of nitrogens with one attached hydrogen (secondary N) is 1. The third-order valence-electron chi connectivity index (χ3n) is 4.87. The van der Waals surface area contributed by atoms with Crippen LogP contribution in [-0.4, -0.2) is 35.9 Å². The number of benzene rings is 2. The monoisotopic (exact) mass is 411 g/mol. The molecule has 29 heavy (non-hydrogen) atoms. The minimum atomic E-state index is -3.07. The minimum Gasteiger partial charge on any atom is -0.457 e. The molecule has 0 spiro atoms. The quantitative estimate of drug-likeness (QED) is 0.651. The van der Waals surface area contributed by atoms with Crippen molar-refractivity contribution >= 4 is 21.7 Å². The highest BCUT2D eigenvalue weighted by Crippen LogP contribution is 2.24. The summed E-state index contributed by atoms with van der Waals surface area (Å²) in [4.78, 5) is 17.1. The highest BCUT2D eigenvalue weighted by atomic mass is 32.2. The van der Waals surface area contributed by atoms with Crippen molar-refractivity contribution in [3.8, 4) is 11.5 Å². The van der Waals surface area contributed by atoms with Gasteiger partial charge in [0.2, 0.25) is 0 Å². The van der Waals surface area contributed by atoms with Crippen LogP contribution in [0, 0.1) is 6.92 Å². The molecule has 3 aromatic rings. The molecule has 8 heteroatoms. The first-order valence-electron chi connectivity index (χ1n) is 9.30. The van der Waals surface area contributed by atoms with Crippen molar-refractivity contribution in [2.45, 2.75) is 19.4 Å². The van der Waals surface area contributed by atoms with Crippen LogP contribution in [0.25, 0.3) is 0 Å². The molecule has 2 heterocycles. The highest BCUT2D eigenvalue weighted by Gasteiger charge is 2.31. The van der Waals surface area contributed by atoms with Gasteiger partial charge in [-0.3, -0.25) is 14.9 Å². The summed E-state index contributed by atoms with van der Waals surface area (Å²) in [7, 11) is -3.07. The lowest BCUT2D eigenvalue weighted by Crippen LogP contribution is -2.25. The van der Waals surface area contributed by atoms with E-state index in [2.05, 4.69) is 10.1 Å². The second kappa shape index (κ2) is 7.71. The molecule has 0 radical (unpaired) electrons. The summed E-state index contributed by atoms with van der Waals surface area (Å²) >= 11 is 0. The maximum absolute atomic E-state index is 12.7. The third kappa shape index (κ3) is 4.32. The van der Waals surface area contributed by atoms with E-state index in [1.807, 2.05) is 42.5 Å². The van der Waals surface area contributed by atoms with Gasteiger partial charge in [0.15, 0.2) is 9.84 Å². The van der Waals surface area contributed by atoms with Crippen LogP contribution < -0.4 is 10.3 Å².